The minimum absolute atomic E-state index is 0.216. The van der Waals surface area contributed by atoms with Gasteiger partial charge in [0.1, 0.15) is 13.2 Å². The molecular formula is C44H85NO7. The standard InChI is InChI=1S/C44H85NO7/c1-4-6-8-10-12-14-16-18-20-22-24-26-28-30-32-34-36-51-44(48)41(39-52-43(47)40-50-38-37-49-3)45-42(46)35-33-31-29-27-25-23-21-19-17-15-13-11-9-7-5-2/h41H,4-40H2,1-3H3,(H,45,46). The van der Waals surface area contributed by atoms with E-state index in [1.54, 1.807) is 7.11 Å². The molecule has 0 aromatic carbocycles. The van der Waals surface area contributed by atoms with E-state index in [2.05, 4.69) is 19.2 Å². The number of ether oxygens (including phenoxy) is 4. The highest BCUT2D eigenvalue weighted by Crippen LogP contribution is 2.15. The van der Waals surface area contributed by atoms with Gasteiger partial charge in [-0.15, -0.1) is 0 Å². The van der Waals surface area contributed by atoms with Gasteiger partial charge in [-0.3, -0.25) is 4.79 Å². The molecule has 1 N–H and O–H groups in total. The molecule has 1 atom stereocenters. The molecule has 0 heterocycles. The summed E-state index contributed by atoms with van der Waals surface area (Å²) >= 11 is 0. The van der Waals surface area contributed by atoms with Crippen molar-refractivity contribution in [3.63, 3.8) is 0 Å². The molecule has 8 heteroatoms. The average Bonchev–Trinajstić information content (AvgIpc) is 3.14. The van der Waals surface area contributed by atoms with Crippen LogP contribution in [0.15, 0.2) is 0 Å². The number of rotatable bonds is 42. The highest BCUT2D eigenvalue weighted by Gasteiger charge is 2.24. The highest BCUT2D eigenvalue weighted by molar-refractivity contribution is 5.84. The van der Waals surface area contributed by atoms with Crippen LogP contribution in [0.5, 0.6) is 0 Å². The average molecular weight is 740 g/mol. The van der Waals surface area contributed by atoms with Gasteiger partial charge in [0, 0.05) is 13.5 Å². The van der Waals surface area contributed by atoms with Gasteiger partial charge in [0.25, 0.3) is 0 Å². The molecule has 0 aliphatic rings. The lowest BCUT2D eigenvalue weighted by atomic mass is 10.0. The highest BCUT2D eigenvalue weighted by atomic mass is 16.6. The first-order valence-electron chi connectivity index (χ1n) is 22.2. The predicted octanol–water partition coefficient (Wildman–Crippen LogP) is 11.7. The summed E-state index contributed by atoms with van der Waals surface area (Å²) < 4.78 is 20.9. The largest absolute Gasteiger partial charge is 0.464 e. The van der Waals surface area contributed by atoms with Crippen molar-refractivity contribution in [3.8, 4) is 0 Å². The number of carbonyl (C=O) groups is 3. The van der Waals surface area contributed by atoms with Gasteiger partial charge in [-0.2, -0.15) is 0 Å². The third-order valence-corrected chi connectivity index (χ3v) is 9.93. The summed E-state index contributed by atoms with van der Waals surface area (Å²) in [6.07, 6.45) is 39.8. The minimum Gasteiger partial charge on any atom is -0.464 e. The van der Waals surface area contributed by atoms with Crippen LogP contribution >= 0.6 is 0 Å². The first kappa shape index (κ1) is 50.3. The van der Waals surface area contributed by atoms with Crippen molar-refractivity contribution in [1.29, 1.82) is 0 Å². The molecule has 0 saturated heterocycles. The molecule has 0 radical (unpaired) electrons. The number of esters is 2. The monoisotopic (exact) mass is 740 g/mol. The van der Waals surface area contributed by atoms with E-state index >= 15 is 0 Å². The van der Waals surface area contributed by atoms with Crippen LogP contribution in [0.2, 0.25) is 0 Å². The lowest BCUT2D eigenvalue weighted by Crippen LogP contribution is -2.45. The summed E-state index contributed by atoms with van der Waals surface area (Å²) in [6, 6.07) is -1.02. The Labute approximate surface area is 321 Å². The van der Waals surface area contributed by atoms with E-state index in [0.717, 1.165) is 38.5 Å². The predicted molar refractivity (Wildman–Crippen MR) is 216 cm³/mol. The van der Waals surface area contributed by atoms with Gasteiger partial charge < -0.3 is 24.3 Å². The number of hydrogen-bond donors (Lipinski definition) is 1. The maximum atomic E-state index is 12.9. The number of carbonyl (C=O) groups excluding carboxylic acids is 3. The van der Waals surface area contributed by atoms with E-state index in [-0.39, 0.29) is 25.7 Å². The normalized spacial score (nSPS) is 11.8. The smallest absolute Gasteiger partial charge is 0.332 e. The fraction of sp³-hybridized carbons (Fsp3) is 0.932. The van der Waals surface area contributed by atoms with E-state index in [1.807, 2.05) is 0 Å². The van der Waals surface area contributed by atoms with Crippen LogP contribution < -0.4 is 5.32 Å². The van der Waals surface area contributed by atoms with Crippen molar-refractivity contribution in [1.82, 2.24) is 5.32 Å². The van der Waals surface area contributed by atoms with E-state index in [4.69, 9.17) is 18.9 Å². The molecule has 0 rings (SSSR count). The fourth-order valence-electron chi connectivity index (χ4n) is 6.53. The van der Waals surface area contributed by atoms with Crippen LogP contribution in [0.3, 0.4) is 0 Å². The van der Waals surface area contributed by atoms with Crippen LogP contribution in [-0.2, 0) is 33.3 Å². The number of unbranched alkanes of at least 4 members (excludes halogenated alkanes) is 29. The molecule has 0 spiro atoms. The summed E-state index contributed by atoms with van der Waals surface area (Å²) in [5.74, 6) is -1.37. The lowest BCUT2D eigenvalue weighted by Gasteiger charge is -2.18. The van der Waals surface area contributed by atoms with Gasteiger partial charge in [0.05, 0.1) is 19.8 Å². The van der Waals surface area contributed by atoms with Gasteiger partial charge in [-0.1, -0.05) is 200 Å². The molecule has 1 unspecified atom stereocenters. The zero-order valence-electron chi connectivity index (χ0n) is 34.6. The quantitative estimate of drug-likeness (QED) is 0.0491. The number of hydrogen-bond acceptors (Lipinski definition) is 7. The Balaban J connectivity index is 4.12. The zero-order chi connectivity index (χ0) is 38.0. The van der Waals surface area contributed by atoms with Gasteiger partial charge >= 0.3 is 11.9 Å². The van der Waals surface area contributed by atoms with E-state index in [1.165, 1.54) is 161 Å². The Hall–Kier alpha value is -1.67. The Bertz CT molecular complexity index is 778. The number of nitrogens with one attached hydrogen (secondary N) is 1. The molecule has 0 aromatic heterocycles. The van der Waals surface area contributed by atoms with Crippen LogP contribution in [0, 0.1) is 0 Å². The van der Waals surface area contributed by atoms with Crippen molar-refractivity contribution in [3.05, 3.63) is 0 Å². The third kappa shape index (κ3) is 38.1. The van der Waals surface area contributed by atoms with E-state index in [0.29, 0.717) is 19.6 Å². The van der Waals surface area contributed by atoms with Crippen molar-refractivity contribution in [2.24, 2.45) is 0 Å². The van der Waals surface area contributed by atoms with Crippen molar-refractivity contribution >= 4 is 17.8 Å². The minimum atomic E-state index is -1.02. The maximum absolute atomic E-state index is 12.9. The molecule has 1 amide bonds. The van der Waals surface area contributed by atoms with Crippen LogP contribution in [0.4, 0.5) is 0 Å². The van der Waals surface area contributed by atoms with Crippen molar-refractivity contribution in [2.75, 3.05) is 40.1 Å². The molecule has 308 valence electrons. The molecule has 0 fully saturated rings. The Kier molecular flexibility index (Phi) is 40.7. The lowest BCUT2D eigenvalue weighted by molar-refractivity contribution is -0.156. The van der Waals surface area contributed by atoms with Crippen LogP contribution in [-0.4, -0.2) is 64.0 Å². The topological polar surface area (TPSA) is 100 Å². The van der Waals surface area contributed by atoms with E-state index in [9.17, 15) is 14.4 Å². The van der Waals surface area contributed by atoms with Crippen molar-refractivity contribution < 1.29 is 33.3 Å². The first-order chi connectivity index (χ1) is 25.5. The summed E-state index contributed by atoms with van der Waals surface area (Å²) in [5, 5.41) is 2.75. The second kappa shape index (κ2) is 42.1. The van der Waals surface area contributed by atoms with Gasteiger partial charge in [-0.25, -0.2) is 9.59 Å². The van der Waals surface area contributed by atoms with Gasteiger partial charge in [-0.05, 0) is 12.8 Å². The molecule has 0 aliphatic heterocycles. The first-order valence-corrected chi connectivity index (χ1v) is 22.2. The Morgan fingerprint density at radius 3 is 1.25 bits per heavy atom. The van der Waals surface area contributed by atoms with Gasteiger partial charge in [0.2, 0.25) is 5.91 Å². The molecular weight excluding hydrogens is 654 g/mol. The summed E-state index contributed by atoms with van der Waals surface area (Å²) in [6.45, 7) is 4.97. The SMILES string of the molecule is CCCCCCCCCCCCCCCCCCOC(=O)C(COC(=O)COCCOC)NC(=O)CCCCCCCCCCCCCCCCC. The number of amides is 1. The van der Waals surface area contributed by atoms with Gasteiger partial charge in [0.15, 0.2) is 6.04 Å². The second-order valence-electron chi connectivity index (χ2n) is 15.0. The molecule has 0 aliphatic carbocycles. The summed E-state index contributed by atoms with van der Waals surface area (Å²) in [4.78, 5) is 37.7. The van der Waals surface area contributed by atoms with Crippen LogP contribution in [0.1, 0.15) is 219 Å². The van der Waals surface area contributed by atoms with E-state index < -0.39 is 18.0 Å². The second-order valence-corrected chi connectivity index (χ2v) is 15.0. The molecule has 8 nitrogen and oxygen atoms in total. The molecule has 52 heavy (non-hydrogen) atoms. The third-order valence-electron chi connectivity index (χ3n) is 9.93. The Morgan fingerprint density at radius 2 is 0.846 bits per heavy atom. The van der Waals surface area contributed by atoms with Crippen molar-refractivity contribution in [2.45, 2.75) is 225 Å². The Morgan fingerprint density at radius 1 is 0.462 bits per heavy atom. The molecule has 0 saturated carbocycles. The summed E-state index contributed by atoms with van der Waals surface area (Å²) in [7, 11) is 1.56. The maximum Gasteiger partial charge on any atom is 0.332 e. The fourth-order valence-corrected chi connectivity index (χ4v) is 6.53. The molecule has 0 bridgehead atoms. The van der Waals surface area contributed by atoms with Crippen LogP contribution in [0.25, 0.3) is 0 Å². The zero-order valence-corrected chi connectivity index (χ0v) is 34.6. The number of methoxy groups -OCH3 is 1. The molecule has 0 aromatic rings. The summed E-state index contributed by atoms with van der Waals surface area (Å²) in [5.41, 5.74) is 0.